The molecular weight excluding hydrogens is 326 g/mol. The molecule has 0 aliphatic carbocycles. The van der Waals surface area contributed by atoms with Gasteiger partial charge in [-0.15, -0.1) is 0 Å². The van der Waals surface area contributed by atoms with Gasteiger partial charge in [-0.25, -0.2) is 4.79 Å². The maximum Gasteiger partial charge on any atom is 0.328 e. The Morgan fingerprint density at radius 3 is 2.70 bits per heavy atom. The average molecular weight is 342 g/mol. The number of nitrogens with one attached hydrogen (secondary N) is 1. The predicted molar refractivity (Wildman–Crippen MR) is 79.6 cm³/mol. The van der Waals surface area contributed by atoms with Crippen molar-refractivity contribution in [2.75, 3.05) is 6.61 Å². The Hall–Kier alpha value is -1.82. The lowest BCUT2D eigenvalue weighted by atomic mass is 10.2. The van der Waals surface area contributed by atoms with Gasteiger partial charge in [-0.1, -0.05) is 6.07 Å². The number of carboxylic acids is 1. The first kappa shape index (κ1) is 16.2. The lowest BCUT2D eigenvalue weighted by Crippen LogP contribution is -2.34. The molecule has 0 saturated heterocycles. The molecule has 1 aromatic rings. The van der Waals surface area contributed by atoms with Crippen molar-refractivity contribution in [2.45, 2.75) is 19.9 Å². The number of amides is 1. The van der Waals surface area contributed by atoms with Crippen LogP contribution in [0.15, 0.2) is 28.7 Å². The van der Waals surface area contributed by atoms with E-state index in [1.54, 1.807) is 18.2 Å². The molecule has 20 heavy (non-hydrogen) atoms. The fourth-order valence-electron chi connectivity index (χ4n) is 1.41. The van der Waals surface area contributed by atoms with Crippen LogP contribution >= 0.6 is 15.9 Å². The molecule has 0 unspecified atom stereocenters. The number of benzene rings is 1. The molecule has 0 heterocycles. The molecule has 6 heteroatoms. The summed E-state index contributed by atoms with van der Waals surface area (Å²) in [6.45, 7) is 3.68. The Morgan fingerprint density at radius 1 is 1.45 bits per heavy atom. The van der Waals surface area contributed by atoms with Crippen molar-refractivity contribution in [1.82, 2.24) is 5.32 Å². The smallest absolute Gasteiger partial charge is 0.328 e. The molecule has 2 N–H and O–H groups in total. The Bertz CT molecular complexity index is 526. The van der Waals surface area contributed by atoms with Crippen molar-refractivity contribution in [3.63, 3.8) is 0 Å². The first-order valence-corrected chi connectivity index (χ1v) is 6.80. The lowest BCUT2D eigenvalue weighted by Gasteiger charge is -2.11. The van der Waals surface area contributed by atoms with Crippen LogP contribution in [-0.2, 0) is 9.59 Å². The highest BCUT2D eigenvalue weighted by Crippen LogP contribution is 2.26. The third kappa shape index (κ3) is 5.88. The van der Waals surface area contributed by atoms with E-state index in [-0.39, 0.29) is 18.6 Å². The minimum atomic E-state index is -1.01. The van der Waals surface area contributed by atoms with Crippen molar-refractivity contribution < 1.29 is 19.4 Å². The molecule has 0 aromatic heterocycles. The van der Waals surface area contributed by atoms with E-state index >= 15 is 0 Å². The van der Waals surface area contributed by atoms with Gasteiger partial charge in [0.2, 0.25) is 0 Å². The molecule has 0 radical (unpaired) electrons. The summed E-state index contributed by atoms with van der Waals surface area (Å²) >= 11 is 3.32. The third-order valence-corrected chi connectivity index (χ3v) is 2.80. The predicted octanol–water partition coefficient (Wildman–Crippen LogP) is 2.45. The third-order valence-electron chi connectivity index (χ3n) is 2.18. The van der Waals surface area contributed by atoms with E-state index in [0.29, 0.717) is 10.2 Å². The van der Waals surface area contributed by atoms with E-state index in [9.17, 15) is 9.59 Å². The number of carboxylic acid groups (broad SMARTS) is 1. The summed E-state index contributed by atoms with van der Waals surface area (Å²) in [5.41, 5.74) is 0.721. The van der Waals surface area contributed by atoms with Crippen LogP contribution in [0.5, 0.6) is 5.75 Å². The van der Waals surface area contributed by atoms with Crippen molar-refractivity contribution in [3.8, 4) is 5.75 Å². The highest BCUT2D eigenvalue weighted by Gasteiger charge is 2.07. The first-order valence-electron chi connectivity index (χ1n) is 6.01. The van der Waals surface area contributed by atoms with Crippen molar-refractivity contribution in [3.05, 3.63) is 34.3 Å². The maximum atomic E-state index is 11.5. The fraction of sp³-hybridized carbons (Fsp3) is 0.286. The van der Waals surface area contributed by atoms with Crippen molar-refractivity contribution >= 4 is 33.9 Å². The van der Waals surface area contributed by atoms with Crippen LogP contribution in [0.4, 0.5) is 0 Å². The van der Waals surface area contributed by atoms with E-state index in [0.717, 1.165) is 11.6 Å². The van der Waals surface area contributed by atoms with Gasteiger partial charge in [-0.3, -0.25) is 4.79 Å². The Morgan fingerprint density at radius 2 is 2.15 bits per heavy atom. The second-order valence-corrected chi connectivity index (χ2v) is 5.23. The molecule has 0 aliphatic heterocycles. The molecule has 1 amide bonds. The van der Waals surface area contributed by atoms with Crippen molar-refractivity contribution in [1.29, 1.82) is 0 Å². The molecular formula is C14H16BrNO4. The average Bonchev–Trinajstić information content (AvgIpc) is 2.34. The number of carbonyl (C=O) groups excluding carboxylic acids is 1. The van der Waals surface area contributed by atoms with Crippen LogP contribution in [0.1, 0.15) is 19.4 Å². The number of rotatable bonds is 6. The van der Waals surface area contributed by atoms with Gasteiger partial charge >= 0.3 is 5.97 Å². The topological polar surface area (TPSA) is 75.6 Å². The summed E-state index contributed by atoms with van der Waals surface area (Å²) in [5.74, 6) is -0.676. The number of ether oxygens (including phenoxy) is 1. The van der Waals surface area contributed by atoms with Crippen LogP contribution in [0.3, 0.4) is 0 Å². The molecule has 1 rings (SSSR count). The highest BCUT2D eigenvalue weighted by atomic mass is 79.9. The second kappa shape index (κ2) is 7.69. The zero-order valence-corrected chi connectivity index (χ0v) is 12.8. The minimum absolute atomic E-state index is 0.0677. The molecule has 0 bridgehead atoms. The zero-order valence-electron chi connectivity index (χ0n) is 11.2. The summed E-state index contributed by atoms with van der Waals surface area (Å²) in [6, 6.07) is 5.17. The normalized spacial score (nSPS) is 10.8. The van der Waals surface area contributed by atoms with Gasteiger partial charge < -0.3 is 15.2 Å². The van der Waals surface area contributed by atoms with Gasteiger partial charge in [0.1, 0.15) is 5.75 Å². The number of hydrogen-bond acceptors (Lipinski definition) is 3. The van der Waals surface area contributed by atoms with Gasteiger partial charge in [-0.05, 0) is 53.5 Å². The number of aliphatic carboxylic acids is 1. The summed E-state index contributed by atoms with van der Waals surface area (Å²) in [4.78, 5) is 21.9. The number of halogens is 1. The molecule has 0 spiro atoms. The lowest BCUT2D eigenvalue weighted by molar-refractivity contribution is -0.131. The number of hydrogen-bond donors (Lipinski definition) is 2. The van der Waals surface area contributed by atoms with Gasteiger partial charge in [0.25, 0.3) is 5.91 Å². The SMILES string of the molecule is CC(C)NC(=O)COc1ccc(C=CC(=O)O)cc1Br. The van der Waals surface area contributed by atoms with E-state index in [1.165, 1.54) is 6.08 Å². The summed E-state index contributed by atoms with van der Waals surface area (Å²) in [6.07, 6.45) is 2.53. The van der Waals surface area contributed by atoms with Crippen LogP contribution in [0.2, 0.25) is 0 Å². The quantitative estimate of drug-likeness (QED) is 0.779. The number of carbonyl (C=O) groups is 2. The molecule has 0 saturated carbocycles. The van der Waals surface area contributed by atoms with Gasteiger partial charge in [0.05, 0.1) is 4.47 Å². The Balaban J connectivity index is 2.64. The van der Waals surface area contributed by atoms with Crippen LogP contribution in [-0.4, -0.2) is 29.6 Å². The Kier molecular flexibility index (Phi) is 6.24. The molecule has 0 atom stereocenters. The molecule has 1 aromatic carbocycles. The Labute approximate surface area is 125 Å². The second-order valence-electron chi connectivity index (χ2n) is 4.37. The van der Waals surface area contributed by atoms with Crippen LogP contribution in [0, 0.1) is 0 Å². The molecule has 0 fully saturated rings. The van der Waals surface area contributed by atoms with E-state index < -0.39 is 5.97 Å². The summed E-state index contributed by atoms with van der Waals surface area (Å²) in [5, 5.41) is 11.3. The van der Waals surface area contributed by atoms with Gasteiger partial charge in [0.15, 0.2) is 6.61 Å². The fourth-order valence-corrected chi connectivity index (χ4v) is 1.92. The standard InChI is InChI=1S/C14H16BrNO4/c1-9(2)16-13(17)8-20-12-5-3-10(7-11(12)15)4-6-14(18)19/h3-7,9H,8H2,1-2H3,(H,16,17)(H,18,19). The molecule has 5 nitrogen and oxygen atoms in total. The van der Waals surface area contributed by atoms with Crippen LogP contribution in [0.25, 0.3) is 6.08 Å². The minimum Gasteiger partial charge on any atom is -0.483 e. The molecule has 108 valence electrons. The van der Waals surface area contributed by atoms with E-state index in [1.807, 2.05) is 13.8 Å². The van der Waals surface area contributed by atoms with Crippen LogP contribution < -0.4 is 10.1 Å². The van der Waals surface area contributed by atoms with Gasteiger partial charge in [-0.2, -0.15) is 0 Å². The molecule has 0 aliphatic rings. The summed E-state index contributed by atoms with van der Waals surface area (Å²) in [7, 11) is 0. The van der Waals surface area contributed by atoms with Crippen molar-refractivity contribution in [2.24, 2.45) is 0 Å². The zero-order chi connectivity index (χ0) is 15.1. The highest BCUT2D eigenvalue weighted by molar-refractivity contribution is 9.10. The van der Waals surface area contributed by atoms with E-state index in [2.05, 4.69) is 21.2 Å². The largest absolute Gasteiger partial charge is 0.483 e. The van der Waals surface area contributed by atoms with Gasteiger partial charge in [0, 0.05) is 12.1 Å². The van der Waals surface area contributed by atoms with E-state index in [4.69, 9.17) is 9.84 Å². The summed E-state index contributed by atoms with van der Waals surface area (Å²) < 4.78 is 6.04. The monoisotopic (exact) mass is 341 g/mol. The maximum absolute atomic E-state index is 11.5. The first-order chi connectivity index (χ1) is 9.38.